The van der Waals surface area contributed by atoms with E-state index in [1.807, 2.05) is 43.3 Å². The van der Waals surface area contributed by atoms with Gasteiger partial charge in [0.2, 0.25) is 0 Å². The summed E-state index contributed by atoms with van der Waals surface area (Å²) in [4.78, 5) is 15.4. The van der Waals surface area contributed by atoms with Gasteiger partial charge in [-0.25, -0.2) is 5.01 Å². The minimum absolute atomic E-state index is 0.0539. The summed E-state index contributed by atoms with van der Waals surface area (Å²) in [5.41, 5.74) is 1.79. The molecule has 2 aliphatic rings. The number of piperidine rings is 1. The van der Waals surface area contributed by atoms with Crippen molar-refractivity contribution in [1.82, 2.24) is 9.91 Å². The van der Waals surface area contributed by atoms with Gasteiger partial charge < -0.3 is 9.52 Å². The number of carbonyl (C=O) groups is 1. The molecule has 0 radical (unpaired) electrons. The van der Waals surface area contributed by atoms with Gasteiger partial charge in [-0.2, -0.15) is 5.10 Å². The fourth-order valence-corrected chi connectivity index (χ4v) is 3.98. The van der Waals surface area contributed by atoms with E-state index in [1.165, 1.54) is 0 Å². The maximum absolute atomic E-state index is 13.3. The predicted octanol–water partition coefficient (Wildman–Crippen LogP) is 3.46. The van der Waals surface area contributed by atoms with Gasteiger partial charge in [0, 0.05) is 24.5 Å². The molecule has 2 aliphatic heterocycles. The molecule has 7 heteroatoms. The number of furan rings is 1. The molecule has 1 amide bonds. The van der Waals surface area contributed by atoms with Gasteiger partial charge in [-0.1, -0.05) is 23.7 Å². The number of hydrogen-bond donors (Lipinski definition) is 1. The van der Waals surface area contributed by atoms with Crippen LogP contribution in [-0.4, -0.2) is 51.9 Å². The summed E-state index contributed by atoms with van der Waals surface area (Å²) in [6.45, 7) is 3.33. The Morgan fingerprint density at radius 3 is 2.61 bits per heavy atom. The van der Waals surface area contributed by atoms with E-state index in [2.05, 4.69) is 10.0 Å². The van der Waals surface area contributed by atoms with Gasteiger partial charge in [-0.3, -0.25) is 9.69 Å². The molecule has 2 aromatic rings. The topological polar surface area (TPSA) is 69.3 Å². The van der Waals surface area contributed by atoms with Gasteiger partial charge >= 0.3 is 0 Å². The summed E-state index contributed by atoms with van der Waals surface area (Å²) >= 11 is 6.00. The van der Waals surface area contributed by atoms with Crippen LogP contribution in [0.1, 0.15) is 43.6 Å². The van der Waals surface area contributed by atoms with Gasteiger partial charge in [0.15, 0.2) is 0 Å². The van der Waals surface area contributed by atoms with Gasteiger partial charge in [-0.05, 0) is 49.6 Å². The molecule has 1 aromatic heterocycles. The highest BCUT2D eigenvalue weighted by atomic mass is 35.5. The van der Waals surface area contributed by atoms with Gasteiger partial charge in [-0.15, -0.1) is 0 Å². The quantitative estimate of drug-likeness (QED) is 0.851. The molecule has 1 aromatic carbocycles. The molecular formula is C21H24ClN3O3. The van der Waals surface area contributed by atoms with Crippen molar-refractivity contribution in [3.05, 3.63) is 59.0 Å². The second-order valence-corrected chi connectivity index (χ2v) is 7.85. The standard InChI is InChI=1S/C21H24ClN3O3/c1-14(24-10-8-17(26)9-11-24)21(27)25-19(20-3-2-12-28-20)13-18(23-25)15-4-6-16(22)7-5-15/h2-7,12,14,17,19,26H,8-11,13H2,1H3/t14-,19+/m1/s1. The molecule has 3 heterocycles. The Hall–Kier alpha value is -2.15. The maximum atomic E-state index is 13.3. The largest absolute Gasteiger partial charge is 0.467 e. The molecule has 2 atom stereocenters. The minimum Gasteiger partial charge on any atom is -0.467 e. The van der Waals surface area contributed by atoms with Crippen LogP contribution in [0, 0.1) is 0 Å². The molecule has 148 valence electrons. The van der Waals surface area contributed by atoms with Gasteiger partial charge in [0.1, 0.15) is 11.8 Å². The van der Waals surface area contributed by atoms with Crippen molar-refractivity contribution in [2.24, 2.45) is 5.10 Å². The second kappa shape index (κ2) is 8.07. The molecule has 0 saturated carbocycles. The molecule has 1 N–H and O–H groups in total. The molecule has 0 unspecified atom stereocenters. The number of likely N-dealkylation sites (tertiary alicyclic amines) is 1. The highest BCUT2D eigenvalue weighted by Crippen LogP contribution is 2.34. The fraction of sp³-hybridized carbons (Fsp3) is 0.429. The normalized spacial score (nSPS) is 22.3. The van der Waals surface area contributed by atoms with Crippen LogP contribution in [0.5, 0.6) is 0 Å². The van der Waals surface area contributed by atoms with E-state index < -0.39 is 0 Å². The number of amides is 1. The van der Waals surface area contributed by atoms with Crippen molar-refractivity contribution in [3.8, 4) is 0 Å². The Balaban J connectivity index is 1.58. The number of aliphatic hydroxyl groups is 1. The first-order valence-electron chi connectivity index (χ1n) is 9.65. The van der Waals surface area contributed by atoms with Crippen molar-refractivity contribution in [1.29, 1.82) is 0 Å². The fourth-order valence-electron chi connectivity index (χ4n) is 3.85. The number of benzene rings is 1. The Morgan fingerprint density at radius 2 is 1.96 bits per heavy atom. The summed E-state index contributed by atoms with van der Waals surface area (Å²) in [6.07, 6.45) is 3.33. The summed E-state index contributed by atoms with van der Waals surface area (Å²) in [6, 6.07) is 10.6. The van der Waals surface area contributed by atoms with Crippen LogP contribution in [0.3, 0.4) is 0 Å². The average molecular weight is 402 g/mol. The van der Waals surface area contributed by atoms with E-state index in [1.54, 1.807) is 11.3 Å². The molecule has 0 bridgehead atoms. The first kappa shape index (κ1) is 19.2. The third-order valence-corrected chi connectivity index (χ3v) is 5.84. The lowest BCUT2D eigenvalue weighted by atomic mass is 10.0. The van der Waals surface area contributed by atoms with Crippen molar-refractivity contribution in [2.75, 3.05) is 13.1 Å². The zero-order valence-corrected chi connectivity index (χ0v) is 16.5. The number of rotatable bonds is 4. The molecule has 1 fully saturated rings. The zero-order chi connectivity index (χ0) is 19.7. The molecule has 1 saturated heterocycles. The Labute approximate surface area is 169 Å². The van der Waals surface area contributed by atoms with E-state index in [0.29, 0.717) is 37.4 Å². The van der Waals surface area contributed by atoms with E-state index in [9.17, 15) is 9.90 Å². The summed E-state index contributed by atoms with van der Waals surface area (Å²) in [7, 11) is 0. The molecule has 28 heavy (non-hydrogen) atoms. The summed E-state index contributed by atoms with van der Waals surface area (Å²) in [5.74, 6) is 0.670. The Bertz CT molecular complexity index is 842. The Morgan fingerprint density at radius 1 is 1.25 bits per heavy atom. The smallest absolute Gasteiger partial charge is 0.260 e. The first-order chi connectivity index (χ1) is 13.5. The number of aliphatic hydroxyl groups excluding tert-OH is 1. The monoisotopic (exact) mass is 401 g/mol. The number of nitrogens with zero attached hydrogens (tertiary/aromatic N) is 3. The predicted molar refractivity (Wildman–Crippen MR) is 107 cm³/mol. The molecule has 4 rings (SSSR count). The number of hydrazone groups is 1. The van der Waals surface area contributed by atoms with Crippen molar-refractivity contribution in [3.63, 3.8) is 0 Å². The van der Waals surface area contributed by atoms with E-state index >= 15 is 0 Å². The van der Waals surface area contributed by atoms with E-state index in [-0.39, 0.29) is 24.1 Å². The average Bonchev–Trinajstić information content (AvgIpc) is 3.38. The number of hydrogen-bond acceptors (Lipinski definition) is 5. The summed E-state index contributed by atoms with van der Waals surface area (Å²) in [5, 5.41) is 16.7. The maximum Gasteiger partial charge on any atom is 0.260 e. The molecular weight excluding hydrogens is 378 g/mol. The van der Waals surface area contributed by atoms with Crippen molar-refractivity contribution in [2.45, 2.75) is 44.4 Å². The van der Waals surface area contributed by atoms with Crippen LogP contribution < -0.4 is 0 Å². The van der Waals surface area contributed by atoms with Crippen LogP contribution in [0.15, 0.2) is 52.2 Å². The van der Waals surface area contributed by atoms with Crippen LogP contribution in [0.4, 0.5) is 0 Å². The van der Waals surface area contributed by atoms with Gasteiger partial charge in [0.05, 0.1) is 24.1 Å². The van der Waals surface area contributed by atoms with Crippen LogP contribution >= 0.6 is 11.6 Å². The van der Waals surface area contributed by atoms with Crippen LogP contribution in [0.2, 0.25) is 5.02 Å². The van der Waals surface area contributed by atoms with Crippen LogP contribution in [-0.2, 0) is 4.79 Å². The summed E-state index contributed by atoms with van der Waals surface area (Å²) < 4.78 is 5.61. The third kappa shape index (κ3) is 3.85. The SMILES string of the molecule is C[C@H](C(=O)N1N=C(c2ccc(Cl)cc2)C[C@H]1c1ccco1)N1CCC(O)CC1. The molecule has 6 nitrogen and oxygen atoms in total. The molecule has 0 aliphatic carbocycles. The lowest BCUT2D eigenvalue weighted by Crippen LogP contribution is -2.49. The Kier molecular flexibility index (Phi) is 5.53. The zero-order valence-electron chi connectivity index (χ0n) is 15.8. The minimum atomic E-state index is -0.307. The van der Waals surface area contributed by atoms with E-state index in [4.69, 9.17) is 16.0 Å². The van der Waals surface area contributed by atoms with Crippen LogP contribution in [0.25, 0.3) is 0 Å². The second-order valence-electron chi connectivity index (χ2n) is 7.41. The lowest BCUT2D eigenvalue weighted by Gasteiger charge is -2.35. The first-order valence-corrected chi connectivity index (χ1v) is 10.0. The van der Waals surface area contributed by atoms with Crippen molar-refractivity contribution >= 4 is 23.2 Å². The van der Waals surface area contributed by atoms with Crippen molar-refractivity contribution < 1.29 is 14.3 Å². The molecule has 0 spiro atoms. The lowest BCUT2D eigenvalue weighted by molar-refractivity contribution is -0.139. The van der Waals surface area contributed by atoms with E-state index in [0.717, 1.165) is 17.0 Å². The van der Waals surface area contributed by atoms with Gasteiger partial charge in [0.25, 0.3) is 5.91 Å². The highest BCUT2D eigenvalue weighted by Gasteiger charge is 2.38. The number of halogens is 1. The number of carbonyl (C=O) groups excluding carboxylic acids is 1. The third-order valence-electron chi connectivity index (χ3n) is 5.59. The highest BCUT2D eigenvalue weighted by molar-refractivity contribution is 6.30.